The molecule has 0 aromatic carbocycles. The Balaban J connectivity index is 1.46. The van der Waals surface area contributed by atoms with Gasteiger partial charge in [0.25, 0.3) is 0 Å². The first-order valence-corrected chi connectivity index (χ1v) is 9.76. The van der Waals surface area contributed by atoms with Gasteiger partial charge in [-0.2, -0.15) is 5.26 Å². The summed E-state index contributed by atoms with van der Waals surface area (Å²) in [5.41, 5.74) is 1.91. The highest BCUT2D eigenvalue weighted by Gasteiger charge is 2.45. The van der Waals surface area contributed by atoms with Gasteiger partial charge >= 0.3 is 0 Å². The highest BCUT2D eigenvalue weighted by atomic mass is 16.5. The number of fused-ring (bicyclic) bond motifs is 1. The Hall–Kier alpha value is -2.65. The number of piperidine rings is 1. The number of nitrogens with one attached hydrogen (secondary N) is 1. The van der Waals surface area contributed by atoms with Crippen LogP contribution in [0.1, 0.15) is 36.3 Å². The topological polar surface area (TPSA) is 74.1 Å². The molecule has 138 valence electrons. The highest BCUT2D eigenvalue weighted by molar-refractivity contribution is 5.59. The molecule has 1 N–H and O–H groups in total. The Bertz CT molecular complexity index is 856. The van der Waals surface area contributed by atoms with Crippen LogP contribution < -0.4 is 10.2 Å². The number of ether oxygens (including phenoxy) is 1. The van der Waals surface area contributed by atoms with Crippen molar-refractivity contribution in [1.82, 2.24) is 9.97 Å². The summed E-state index contributed by atoms with van der Waals surface area (Å²) >= 11 is 0. The van der Waals surface area contributed by atoms with E-state index in [1.807, 2.05) is 0 Å². The molecule has 2 saturated heterocycles. The third kappa shape index (κ3) is 3.47. The van der Waals surface area contributed by atoms with E-state index >= 15 is 0 Å². The number of anilines is 3. The van der Waals surface area contributed by atoms with Gasteiger partial charge in [-0.25, -0.2) is 9.97 Å². The van der Waals surface area contributed by atoms with E-state index in [0.717, 1.165) is 62.6 Å². The predicted octanol–water partition coefficient (Wildman–Crippen LogP) is 3.44. The first-order chi connectivity index (χ1) is 13.3. The maximum atomic E-state index is 9.12. The van der Waals surface area contributed by atoms with Gasteiger partial charge in [0.15, 0.2) is 0 Å². The molecular weight excluding hydrogens is 338 g/mol. The Labute approximate surface area is 159 Å². The summed E-state index contributed by atoms with van der Waals surface area (Å²) in [6.45, 7) is 3.89. The van der Waals surface area contributed by atoms with Gasteiger partial charge in [0.2, 0.25) is 0 Å². The summed E-state index contributed by atoms with van der Waals surface area (Å²) in [7, 11) is 0. The molecule has 6 nitrogen and oxygen atoms in total. The van der Waals surface area contributed by atoms with Gasteiger partial charge in [0.05, 0.1) is 11.6 Å². The van der Waals surface area contributed by atoms with Gasteiger partial charge in [-0.05, 0) is 66.8 Å². The molecule has 5 rings (SSSR count). The van der Waals surface area contributed by atoms with Crippen molar-refractivity contribution in [3.8, 4) is 6.07 Å². The fourth-order valence-electron chi connectivity index (χ4n) is 4.31. The highest BCUT2D eigenvalue weighted by Crippen LogP contribution is 2.46. The molecular formula is C21H23N5O. The van der Waals surface area contributed by atoms with Crippen LogP contribution in [0.15, 0.2) is 30.5 Å². The van der Waals surface area contributed by atoms with Crippen LogP contribution in [-0.2, 0) is 4.74 Å². The second-order valence-corrected chi connectivity index (χ2v) is 7.86. The van der Waals surface area contributed by atoms with E-state index in [4.69, 9.17) is 15.0 Å². The van der Waals surface area contributed by atoms with Gasteiger partial charge in [-0.1, -0.05) is 0 Å². The number of pyridine rings is 2. The number of hydrogen-bond donors (Lipinski definition) is 1. The van der Waals surface area contributed by atoms with Crippen molar-refractivity contribution in [3.05, 3.63) is 41.6 Å². The Kier molecular flexibility index (Phi) is 4.17. The average molecular weight is 361 g/mol. The number of nitriles is 1. The van der Waals surface area contributed by atoms with Crippen molar-refractivity contribution in [2.45, 2.75) is 25.2 Å². The maximum absolute atomic E-state index is 9.12. The monoisotopic (exact) mass is 361 g/mol. The molecule has 1 aliphatic carbocycles. The van der Waals surface area contributed by atoms with Gasteiger partial charge < -0.3 is 15.0 Å². The first-order valence-electron chi connectivity index (χ1n) is 9.76. The Morgan fingerprint density at radius 1 is 1.11 bits per heavy atom. The van der Waals surface area contributed by atoms with E-state index in [2.05, 4.69) is 33.4 Å². The third-order valence-corrected chi connectivity index (χ3v) is 5.97. The van der Waals surface area contributed by atoms with Crippen LogP contribution in [0.3, 0.4) is 0 Å². The normalized spacial score (nSPS) is 24.3. The Morgan fingerprint density at radius 3 is 2.70 bits per heavy atom. The molecule has 2 aromatic rings. The van der Waals surface area contributed by atoms with Crippen molar-refractivity contribution in [1.29, 1.82) is 5.26 Å². The van der Waals surface area contributed by atoms with Crippen molar-refractivity contribution < 1.29 is 4.74 Å². The van der Waals surface area contributed by atoms with Gasteiger partial charge in [0.1, 0.15) is 17.5 Å². The van der Waals surface area contributed by atoms with E-state index < -0.39 is 0 Å². The zero-order valence-corrected chi connectivity index (χ0v) is 15.3. The van der Waals surface area contributed by atoms with Crippen LogP contribution >= 0.6 is 0 Å². The Morgan fingerprint density at radius 2 is 1.93 bits per heavy atom. The van der Waals surface area contributed by atoms with Crippen LogP contribution in [0.2, 0.25) is 0 Å². The molecule has 0 bridgehead atoms. The SMILES string of the molecule is N#Cc1ccnc(Nc2cc(C3CCOCC3)cc(N3CC4C[C@H]4C3)n2)c1. The van der Waals surface area contributed by atoms with Crippen LogP contribution in [0.25, 0.3) is 0 Å². The summed E-state index contributed by atoms with van der Waals surface area (Å²) in [6.07, 6.45) is 5.14. The molecule has 3 fully saturated rings. The number of hydrogen-bond acceptors (Lipinski definition) is 6. The summed E-state index contributed by atoms with van der Waals surface area (Å²) in [6, 6.07) is 10.0. The lowest BCUT2D eigenvalue weighted by Crippen LogP contribution is -2.24. The minimum Gasteiger partial charge on any atom is -0.381 e. The zero-order valence-electron chi connectivity index (χ0n) is 15.3. The van der Waals surface area contributed by atoms with Crippen molar-refractivity contribution in [3.63, 3.8) is 0 Å². The molecule has 1 unspecified atom stereocenters. The van der Waals surface area contributed by atoms with E-state index in [1.165, 1.54) is 12.0 Å². The largest absolute Gasteiger partial charge is 0.381 e. The lowest BCUT2D eigenvalue weighted by Gasteiger charge is -2.26. The number of rotatable bonds is 4. The first kappa shape index (κ1) is 16.5. The van der Waals surface area contributed by atoms with Crippen LogP contribution in [-0.4, -0.2) is 36.3 Å². The maximum Gasteiger partial charge on any atom is 0.134 e. The lowest BCUT2D eigenvalue weighted by molar-refractivity contribution is 0.0853. The molecule has 0 radical (unpaired) electrons. The van der Waals surface area contributed by atoms with Crippen LogP contribution in [0.5, 0.6) is 0 Å². The summed E-state index contributed by atoms with van der Waals surface area (Å²) < 4.78 is 5.54. The van der Waals surface area contributed by atoms with Gasteiger partial charge in [0, 0.05) is 32.5 Å². The second-order valence-electron chi connectivity index (χ2n) is 7.86. The van der Waals surface area contributed by atoms with E-state index in [9.17, 15) is 0 Å². The molecule has 6 heteroatoms. The molecule has 1 saturated carbocycles. The van der Waals surface area contributed by atoms with Crippen molar-refractivity contribution in [2.75, 3.05) is 36.5 Å². The van der Waals surface area contributed by atoms with Crippen molar-refractivity contribution >= 4 is 17.5 Å². The van der Waals surface area contributed by atoms with Crippen LogP contribution in [0, 0.1) is 23.2 Å². The minimum absolute atomic E-state index is 0.511. The zero-order chi connectivity index (χ0) is 18.2. The molecule has 2 aromatic heterocycles. The molecule has 27 heavy (non-hydrogen) atoms. The fraction of sp³-hybridized carbons (Fsp3) is 0.476. The van der Waals surface area contributed by atoms with Gasteiger partial charge in [-0.3, -0.25) is 0 Å². The summed E-state index contributed by atoms with van der Waals surface area (Å²) in [5, 5.41) is 12.4. The smallest absolute Gasteiger partial charge is 0.134 e. The third-order valence-electron chi connectivity index (χ3n) is 5.97. The quantitative estimate of drug-likeness (QED) is 0.899. The number of aromatic nitrogens is 2. The minimum atomic E-state index is 0.511. The average Bonchev–Trinajstić information content (AvgIpc) is 3.33. The summed E-state index contributed by atoms with van der Waals surface area (Å²) in [5.74, 6) is 4.76. The van der Waals surface area contributed by atoms with Crippen molar-refractivity contribution in [2.24, 2.45) is 11.8 Å². The van der Waals surface area contributed by atoms with E-state index in [1.54, 1.807) is 18.3 Å². The van der Waals surface area contributed by atoms with E-state index in [-0.39, 0.29) is 0 Å². The molecule has 0 spiro atoms. The second kappa shape index (κ2) is 6.82. The van der Waals surface area contributed by atoms with Gasteiger partial charge in [-0.15, -0.1) is 0 Å². The standard InChI is InChI=1S/C21H23N5O/c22-11-14-1-4-23-19(7-14)24-20-9-16(15-2-5-27-6-3-15)10-21(25-20)26-12-17-8-18(17)13-26/h1,4,7,9-10,15,17-18H,2-3,5-6,8,12-13H2,(H,23,24,25)/t17-,18?/m0/s1. The molecule has 2 atom stereocenters. The summed E-state index contributed by atoms with van der Waals surface area (Å²) in [4.78, 5) is 11.6. The molecule has 2 aliphatic heterocycles. The molecule has 0 amide bonds. The fourth-order valence-corrected chi connectivity index (χ4v) is 4.31. The molecule has 4 heterocycles. The number of nitrogens with zero attached hydrogens (tertiary/aromatic N) is 4. The predicted molar refractivity (Wildman–Crippen MR) is 103 cm³/mol. The lowest BCUT2D eigenvalue weighted by atomic mass is 9.92. The molecule has 3 aliphatic rings. The van der Waals surface area contributed by atoms with Crippen LogP contribution in [0.4, 0.5) is 17.5 Å². The van der Waals surface area contributed by atoms with E-state index in [0.29, 0.717) is 17.3 Å².